The molecule has 0 aliphatic rings. The quantitative estimate of drug-likeness (QED) is 0.301. The van der Waals surface area contributed by atoms with Gasteiger partial charge in [0, 0.05) is 22.2 Å². The van der Waals surface area contributed by atoms with Gasteiger partial charge in [-0.25, -0.2) is 0 Å². The van der Waals surface area contributed by atoms with Crippen LogP contribution in [0.15, 0.2) is 89.8 Å². The summed E-state index contributed by atoms with van der Waals surface area (Å²) in [5, 5.41) is 12.8. The summed E-state index contributed by atoms with van der Waals surface area (Å²) in [6, 6.07) is 25.5. The molecule has 0 radical (unpaired) electrons. The lowest BCUT2D eigenvalue weighted by molar-refractivity contribution is 0.110. The van der Waals surface area contributed by atoms with E-state index in [9.17, 15) is 13.5 Å². The van der Waals surface area contributed by atoms with Crippen LogP contribution < -0.4 is 4.74 Å². The van der Waals surface area contributed by atoms with Gasteiger partial charge in [0.05, 0.1) is 17.6 Å². The molecule has 0 bridgehead atoms. The second-order valence-electron chi connectivity index (χ2n) is 8.08. The summed E-state index contributed by atoms with van der Waals surface area (Å²) in [5.41, 5.74) is 2.61. The molecule has 4 rings (SSSR count). The van der Waals surface area contributed by atoms with E-state index in [1.165, 1.54) is 12.1 Å². The SMILES string of the molecule is Cc1ccc(S(=O)(=O)OCC(O)Cc2cc(Cl)c3ccccc3c2OCc2ccccc2)cc1. The molecule has 4 aromatic carbocycles. The molecule has 0 saturated heterocycles. The van der Waals surface area contributed by atoms with E-state index < -0.39 is 22.8 Å². The van der Waals surface area contributed by atoms with Gasteiger partial charge in [0.15, 0.2) is 0 Å². The molecule has 0 heterocycles. The molecule has 4 aromatic rings. The van der Waals surface area contributed by atoms with Gasteiger partial charge >= 0.3 is 0 Å². The lowest BCUT2D eigenvalue weighted by atomic mass is 10.0. The molecule has 5 nitrogen and oxygen atoms in total. The predicted octanol–water partition coefficient (Wildman–Crippen LogP) is 5.69. The zero-order chi connectivity index (χ0) is 24.1. The van der Waals surface area contributed by atoms with Crippen LogP contribution in [-0.4, -0.2) is 26.2 Å². The largest absolute Gasteiger partial charge is 0.488 e. The van der Waals surface area contributed by atoms with Gasteiger partial charge in [-0.3, -0.25) is 4.18 Å². The molecule has 0 aromatic heterocycles. The number of hydrogen-bond donors (Lipinski definition) is 1. The molecule has 0 saturated carbocycles. The van der Waals surface area contributed by atoms with E-state index in [0.717, 1.165) is 21.9 Å². The van der Waals surface area contributed by atoms with Gasteiger partial charge in [-0.1, -0.05) is 83.9 Å². The van der Waals surface area contributed by atoms with Crippen LogP contribution in [0.1, 0.15) is 16.7 Å². The zero-order valence-electron chi connectivity index (χ0n) is 18.6. The van der Waals surface area contributed by atoms with Crippen LogP contribution in [0.4, 0.5) is 0 Å². The molecular weight excluding hydrogens is 472 g/mol. The summed E-state index contributed by atoms with van der Waals surface area (Å²) in [5.74, 6) is 0.601. The monoisotopic (exact) mass is 496 g/mol. The predicted molar refractivity (Wildman–Crippen MR) is 134 cm³/mol. The summed E-state index contributed by atoms with van der Waals surface area (Å²) in [4.78, 5) is 0.0472. The number of ether oxygens (including phenoxy) is 1. The highest BCUT2D eigenvalue weighted by molar-refractivity contribution is 7.86. The Balaban J connectivity index is 1.54. The first kappa shape index (κ1) is 24.2. The van der Waals surface area contributed by atoms with Crippen molar-refractivity contribution < 1.29 is 22.4 Å². The smallest absolute Gasteiger partial charge is 0.297 e. The van der Waals surface area contributed by atoms with Crippen LogP contribution in [-0.2, 0) is 27.3 Å². The molecule has 0 aliphatic heterocycles. The number of aliphatic hydroxyl groups excluding tert-OH is 1. The van der Waals surface area contributed by atoms with E-state index >= 15 is 0 Å². The minimum absolute atomic E-state index is 0.0472. The third kappa shape index (κ3) is 5.77. The minimum Gasteiger partial charge on any atom is -0.488 e. The van der Waals surface area contributed by atoms with Crippen molar-refractivity contribution in [2.24, 2.45) is 0 Å². The maximum Gasteiger partial charge on any atom is 0.297 e. The average molecular weight is 497 g/mol. The summed E-state index contributed by atoms with van der Waals surface area (Å²) < 4.78 is 36.3. The third-order valence-corrected chi connectivity index (χ3v) is 7.04. The lowest BCUT2D eigenvalue weighted by Gasteiger charge is -2.18. The lowest BCUT2D eigenvalue weighted by Crippen LogP contribution is -2.21. The fraction of sp³-hybridized carbons (Fsp3) is 0.185. The van der Waals surface area contributed by atoms with Crippen LogP contribution >= 0.6 is 11.6 Å². The van der Waals surface area contributed by atoms with Gasteiger partial charge < -0.3 is 9.84 Å². The van der Waals surface area contributed by atoms with Crippen LogP contribution in [0, 0.1) is 6.92 Å². The second-order valence-corrected chi connectivity index (χ2v) is 10.1. The number of aryl methyl sites for hydroxylation is 1. The zero-order valence-corrected chi connectivity index (χ0v) is 20.2. The summed E-state index contributed by atoms with van der Waals surface area (Å²) in [6.07, 6.45) is -0.977. The fourth-order valence-electron chi connectivity index (χ4n) is 3.66. The van der Waals surface area contributed by atoms with E-state index in [1.54, 1.807) is 18.2 Å². The first-order valence-electron chi connectivity index (χ1n) is 10.8. The Morgan fingerprint density at radius 1 is 0.912 bits per heavy atom. The Morgan fingerprint density at radius 2 is 1.56 bits per heavy atom. The van der Waals surface area contributed by atoms with Crippen LogP contribution in [0.2, 0.25) is 5.02 Å². The van der Waals surface area contributed by atoms with Crippen LogP contribution in [0.3, 0.4) is 0 Å². The van der Waals surface area contributed by atoms with E-state index in [-0.39, 0.29) is 11.3 Å². The van der Waals surface area contributed by atoms with Crippen molar-refractivity contribution in [1.82, 2.24) is 0 Å². The van der Waals surface area contributed by atoms with Gasteiger partial charge in [0.2, 0.25) is 0 Å². The van der Waals surface area contributed by atoms with Crippen molar-refractivity contribution in [3.63, 3.8) is 0 Å². The summed E-state index contributed by atoms with van der Waals surface area (Å²) >= 11 is 6.51. The maximum absolute atomic E-state index is 12.5. The van der Waals surface area contributed by atoms with Crippen molar-refractivity contribution in [2.75, 3.05) is 6.61 Å². The molecule has 0 amide bonds. The van der Waals surface area contributed by atoms with Crippen molar-refractivity contribution >= 4 is 32.5 Å². The molecule has 1 unspecified atom stereocenters. The number of hydrogen-bond acceptors (Lipinski definition) is 5. The standard InChI is InChI=1S/C27H25ClO5S/c1-19-11-13-23(14-12-19)34(30,31)33-18-22(29)15-21-16-26(28)24-9-5-6-10-25(24)27(21)32-17-20-7-3-2-4-8-20/h2-14,16,22,29H,15,17-18H2,1H3. The average Bonchev–Trinajstić information content (AvgIpc) is 2.84. The van der Waals surface area contributed by atoms with Gasteiger partial charge in [-0.05, 0) is 36.2 Å². The molecule has 176 valence electrons. The minimum atomic E-state index is -3.98. The van der Waals surface area contributed by atoms with Crippen molar-refractivity contribution in [1.29, 1.82) is 0 Å². The Bertz CT molecular complexity index is 1370. The Morgan fingerprint density at radius 3 is 2.26 bits per heavy atom. The normalized spacial score (nSPS) is 12.6. The molecular formula is C27H25ClO5S. The molecule has 0 aliphatic carbocycles. The molecule has 1 atom stereocenters. The van der Waals surface area contributed by atoms with E-state index in [1.807, 2.05) is 61.5 Å². The van der Waals surface area contributed by atoms with Gasteiger partial charge in [0.25, 0.3) is 10.1 Å². The fourth-order valence-corrected chi connectivity index (χ4v) is 4.90. The first-order chi connectivity index (χ1) is 16.3. The highest BCUT2D eigenvalue weighted by atomic mass is 35.5. The molecule has 1 N–H and O–H groups in total. The summed E-state index contributed by atoms with van der Waals surface area (Å²) in [6.45, 7) is 1.82. The number of rotatable bonds is 9. The Kier molecular flexibility index (Phi) is 7.54. The highest BCUT2D eigenvalue weighted by Crippen LogP contribution is 2.36. The van der Waals surface area contributed by atoms with E-state index in [4.69, 9.17) is 20.5 Å². The number of aliphatic hydroxyl groups is 1. The van der Waals surface area contributed by atoms with Crippen LogP contribution in [0.25, 0.3) is 10.8 Å². The second kappa shape index (κ2) is 10.6. The van der Waals surface area contributed by atoms with Gasteiger partial charge in [0.1, 0.15) is 12.4 Å². The van der Waals surface area contributed by atoms with Gasteiger partial charge in [-0.15, -0.1) is 0 Å². The van der Waals surface area contributed by atoms with Crippen molar-refractivity contribution in [3.8, 4) is 5.75 Å². The molecule has 0 fully saturated rings. The highest BCUT2D eigenvalue weighted by Gasteiger charge is 2.20. The van der Waals surface area contributed by atoms with Crippen LogP contribution in [0.5, 0.6) is 5.75 Å². The molecule has 34 heavy (non-hydrogen) atoms. The van der Waals surface area contributed by atoms with Crippen molar-refractivity contribution in [2.45, 2.75) is 31.0 Å². The van der Waals surface area contributed by atoms with E-state index in [0.29, 0.717) is 22.9 Å². The first-order valence-corrected chi connectivity index (χ1v) is 12.6. The number of benzene rings is 4. The molecule has 0 spiro atoms. The number of fused-ring (bicyclic) bond motifs is 1. The molecule has 7 heteroatoms. The van der Waals surface area contributed by atoms with E-state index in [2.05, 4.69) is 0 Å². The Labute approximate surface area is 204 Å². The summed E-state index contributed by atoms with van der Waals surface area (Å²) in [7, 11) is -3.98. The third-order valence-electron chi connectivity index (χ3n) is 5.43. The topological polar surface area (TPSA) is 72.8 Å². The van der Waals surface area contributed by atoms with Gasteiger partial charge in [-0.2, -0.15) is 8.42 Å². The Hall–Kier alpha value is -2.90. The number of halogens is 1. The maximum atomic E-state index is 12.5. The van der Waals surface area contributed by atoms with Crippen molar-refractivity contribution in [3.05, 3.63) is 107 Å².